The molecular weight excluding hydrogens is 449 g/mol. The molecule has 2 N–H and O–H groups in total. The van der Waals surface area contributed by atoms with E-state index in [0.29, 0.717) is 16.8 Å². The highest BCUT2D eigenvalue weighted by Gasteiger charge is 2.21. The fraction of sp³-hybridized carbons (Fsp3) is 0.316. The molecule has 164 valence electrons. The molecule has 2 heterocycles. The number of carbonyl (C=O) groups is 1. The number of benzene rings is 1. The summed E-state index contributed by atoms with van der Waals surface area (Å²) in [5.41, 5.74) is 1.77. The molecule has 0 radical (unpaired) electrons. The average Bonchev–Trinajstić information content (AvgIpc) is 3.09. The molecule has 31 heavy (non-hydrogen) atoms. The molecule has 0 fully saturated rings. The summed E-state index contributed by atoms with van der Waals surface area (Å²) in [6, 6.07) is 4.61. The molecule has 3 rings (SSSR count). The molecule has 0 saturated carbocycles. The van der Waals surface area contributed by atoms with Gasteiger partial charge in [-0.3, -0.25) is 19.2 Å². The van der Waals surface area contributed by atoms with E-state index < -0.39 is 11.8 Å². The quantitative estimate of drug-likeness (QED) is 0.568. The molecule has 0 spiro atoms. The lowest BCUT2D eigenvalue weighted by Crippen LogP contribution is -2.29. The summed E-state index contributed by atoms with van der Waals surface area (Å²) in [5.74, 6) is -0.752. The second-order valence-corrected chi connectivity index (χ2v) is 7.96. The molecule has 0 aliphatic heterocycles. The predicted molar refractivity (Wildman–Crippen MR) is 114 cm³/mol. The first kappa shape index (κ1) is 22.6. The van der Waals surface area contributed by atoms with Gasteiger partial charge in [0.2, 0.25) is 0 Å². The molecule has 1 amide bonds. The lowest BCUT2D eigenvalue weighted by atomic mass is 10.0. The van der Waals surface area contributed by atoms with Gasteiger partial charge in [-0.25, -0.2) is 14.3 Å². The molecule has 0 saturated heterocycles. The number of rotatable bonds is 6. The van der Waals surface area contributed by atoms with Crippen molar-refractivity contribution in [1.82, 2.24) is 19.9 Å². The predicted octanol–water partition coefficient (Wildman–Crippen LogP) is 3.16. The van der Waals surface area contributed by atoms with E-state index in [1.54, 1.807) is 13.1 Å². The minimum atomic E-state index is -1.30. The van der Waals surface area contributed by atoms with Crippen LogP contribution in [-0.4, -0.2) is 31.1 Å². The van der Waals surface area contributed by atoms with Crippen LogP contribution < -0.4 is 16.2 Å². The highest BCUT2D eigenvalue weighted by Crippen LogP contribution is 2.33. The number of nitrogens with one attached hydrogen (secondary N) is 1. The number of amides is 1. The topological polar surface area (TPSA) is 134 Å². The second kappa shape index (κ2) is 8.94. The van der Waals surface area contributed by atoms with Crippen LogP contribution in [0.15, 0.2) is 32.3 Å². The van der Waals surface area contributed by atoms with Crippen LogP contribution in [0.1, 0.15) is 42.4 Å². The zero-order chi connectivity index (χ0) is 22.9. The van der Waals surface area contributed by atoms with Crippen LogP contribution in [0, 0.1) is 0 Å². The lowest BCUT2D eigenvalue weighted by Gasteiger charge is -2.20. The number of hydrogen-bond donors (Lipinski definition) is 2. The first-order chi connectivity index (χ1) is 14.6. The van der Waals surface area contributed by atoms with Gasteiger partial charge in [0.1, 0.15) is 0 Å². The molecule has 2 aromatic heterocycles. The zero-order valence-corrected chi connectivity index (χ0v) is 18.4. The number of anilines is 1. The number of aromatic amines is 1. The van der Waals surface area contributed by atoms with Gasteiger partial charge in [0.15, 0.2) is 5.82 Å². The fourth-order valence-corrected chi connectivity index (χ4v) is 3.65. The first-order valence-electron chi connectivity index (χ1n) is 9.17. The van der Waals surface area contributed by atoms with Crippen LogP contribution >= 0.6 is 23.2 Å². The van der Waals surface area contributed by atoms with Gasteiger partial charge in [-0.1, -0.05) is 42.2 Å². The van der Waals surface area contributed by atoms with Gasteiger partial charge in [-0.2, -0.15) is 5.10 Å². The van der Waals surface area contributed by atoms with E-state index in [1.165, 1.54) is 16.8 Å². The molecule has 0 atom stereocenters. The highest BCUT2D eigenvalue weighted by atomic mass is 35.5. The van der Waals surface area contributed by atoms with E-state index in [9.17, 15) is 19.5 Å². The summed E-state index contributed by atoms with van der Waals surface area (Å²) in [4.78, 5) is 38.3. The average molecular weight is 468 g/mol. The minimum absolute atomic E-state index is 0.0147. The van der Waals surface area contributed by atoms with Crippen LogP contribution in [0.3, 0.4) is 0 Å². The van der Waals surface area contributed by atoms with Crippen LogP contribution in [0.4, 0.5) is 10.5 Å². The third-order valence-corrected chi connectivity index (χ3v) is 5.26. The maximum absolute atomic E-state index is 12.2. The van der Waals surface area contributed by atoms with E-state index in [4.69, 9.17) is 23.2 Å². The van der Waals surface area contributed by atoms with Crippen molar-refractivity contribution in [3.05, 3.63) is 71.8 Å². The third kappa shape index (κ3) is 4.97. The van der Waals surface area contributed by atoms with Gasteiger partial charge in [0.25, 0.3) is 5.56 Å². The van der Waals surface area contributed by atoms with Crippen molar-refractivity contribution in [3.63, 3.8) is 0 Å². The van der Waals surface area contributed by atoms with Gasteiger partial charge in [0, 0.05) is 29.1 Å². The van der Waals surface area contributed by atoms with Crippen molar-refractivity contribution in [2.75, 3.05) is 4.90 Å². The number of halogens is 2. The Kier molecular flexibility index (Phi) is 6.51. The molecule has 0 aliphatic carbocycles. The minimum Gasteiger partial charge on any atom is -0.465 e. The van der Waals surface area contributed by atoms with Crippen molar-refractivity contribution < 1.29 is 14.4 Å². The van der Waals surface area contributed by atoms with Crippen molar-refractivity contribution >= 4 is 35.0 Å². The molecule has 0 aliphatic rings. The molecule has 0 bridgehead atoms. The Bertz CT molecular complexity index is 1220. The third-order valence-electron chi connectivity index (χ3n) is 4.58. The number of H-pyrrole nitrogens is 1. The highest BCUT2D eigenvalue weighted by molar-refractivity contribution is 6.36. The standard InChI is InChI=1S/C19H19Cl2N5O5/c1-9(2)12-4-10(23-25(3)17(12)27)5-13-14(20)6-11(7-15(13)21)26(19(29)30)8-16-22-18(28)31-24-16/h4,6-7,9H,5,8H2,1-3H3,(H,29,30)(H,22,24,28). The summed E-state index contributed by atoms with van der Waals surface area (Å²) in [6.45, 7) is 3.56. The van der Waals surface area contributed by atoms with Crippen LogP contribution in [0.5, 0.6) is 0 Å². The molecule has 1 aromatic carbocycles. The number of aromatic nitrogens is 4. The van der Waals surface area contributed by atoms with E-state index in [1.807, 2.05) is 13.8 Å². The summed E-state index contributed by atoms with van der Waals surface area (Å²) in [7, 11) is 1.57. The van der Waals surface area contributed by atoms with Crippen molar-refractivity contribution in [1.29, 1.82) is 0 Å². The van der Waals surface area contributed by atoms with Gasteiger partial charge >= 0.3 is 11.8 Å². The number of carboxylic acid groups (broad SMARTS) is 1. The van der Waals surface area contributed by atoms with Crippen LogP contribution in [0.2, 0.25) is 10.0 Å². The Morgan fingerprint density at radius 1 is 1.26 bits per heavy atom. The van der Waals surface area contributed by atoms with Crippen LogP contribution in [0.25, 0.3) is 0 Å². The van der Waals surface area contributed by atoms with E-state index in [0.717, 1.165) is 4.90 Å². The Morgan fingerprint density at radius 2 is 1.90 bits per heavy atom. The zero-order valence-electron chi connectivity index (χ0n) is 16.8. The van der Waals surface area contributed by atoms with Crippen molar-refractivity contribution in [3.8, 4) is 0 Å². The summed E-state index contributed by atoms with van der Waals surface area (Å²) >= 11 is 12.8. The normalized spacial score (nSPS) is 11.2. The summed E-state index contributed by atoms with van der Waals surface area (Å²) in [5, 5.41) is 17.8. The van der Waals surface area contributed by atoms with Gasteiger partial charge in [-0.05, 0) is 29.7 Å². The van der Waals surface area contributed by atoms with Gasteiger partial charge in [-0.15, -0.1) is 0 Å². The number of nitrogens with zero attached hydrogens (tertiary/aromatic N) is 4. The van der Waals surface area contributed by atoms with Gasteiger partial charge in [0.05, 0.1) is 17.9 Å². The van der Waals surface area contributed by atoms with E-state index in [2.05, 4.69) is 19.8 Å². The van der Waals surface area contributed by atoms with E-state index in [-0.39, 0.29) is 46.0 Å². The Morgan fingerprint density at radius 3 is 2.42 bits per heavy atom. The summed E-state index contributed by atoms with van der Waals surface area (Å²) < 4.78 is 5.66. The molecular formula is C19H19Cl2N5O5. The second-order valence-electron chi connectivity index (χ2n) is 7.15. The Hall–Kier alpha value is -3.11. The molecule has 3 aromatic rings. The first-order valence-corrected chi connectivity index (χ1v) is 9.92. The smallest absolute Gasteiger partial charge is 0.438 e. The Labute approximate surface area is 186 Å². The number of hydrogen-bond acceptors (Lipinski definition) is 6. The van der Waals surface area contributed by atoms with Crippen molar-refractivity contribution in [2.24, 2.45) is 7.05 Å². The van der Waals surface area contributed by atoms with Crippen LogP contribution in [-0.2, 0) is 20.0 Å². The molecule has 12 heteroatoms. The SMILES string of the molecule is CC(C)c1cc(Cc2c(Cl)cc(N(Cc3noc(=O)[nH]3)C(=O)O)cc2Cl)nn(C)c1=O. The van der Waals surface area contributed by atoms with Gasteiger partial charge < -0.3 is 5.11 Å². The summed E-state index contributed by atoms with van der Waals surface area (Å²) in [6.07, 6.45) is -1.06. The monoisotopic (exact) mass is 467 g/mol. The molecule has 10 nitrogen and oxygen atoms in total. The lowest BCUT2D eigenvalue weighted by molar-refractivity contribution is 0.201. The Balaban J connectivity index is 1.95. The number of aryl methyl sites for hydroxylation is 1. The van der Waals surface area contributed by atoms with E-state index >= 15 is 0 Å². The maximum atomic E-state index is 12.2. The largest absolute Gasteiger partial charge is 0.465 e. The fourth-order valence-electron chi connectivity index (χ4n) is 3.04. The van der Waals surface area contributed by atoms with Crippen molar-refractivity contribution in [2.45, 2.75) is 32.7 Å². The maximum Gasteiger partial charge on any atom is 0.438 e. The molecule has 0 unspecified atom stereocenters.